The zero-order valence-corrected chi connectivity index (χ0v) is 13.6. The first-order valence-corrected chi connectivity index (χ1v) is 7.45. The minimum absolute atomic E-state index is 0.0963. The van der Waals surface area contributed by atoms with Crippen LogP contribution in [-0.4, -0.2) is 23.8 Å². The molecule has 2 aromatic rings. The van der Waals surface area contributed by atoms with Crippen LogP contribution in [0.25, 0.3) is 0 Å². The van der Waals surface area contributed by atoms with Gasteiger partial charge in [-0.3, -0.25) is 4.79 Å². The van der Waals surface area contributed by atoms with E-state index < -0.39 is 0 Å². The Morgan fingerprint density at radius 1 is 1.27 bits per heavy atom. The lowest BCUT2D eigenvalue weighted by Crippen LogP contribution is -2.25. The molecule has 5 nitrogen and oxygen atoms in total. The van der Waals surface area contributed by atoms with Crippen LogP contribution in [0.15, 0.2) is 52.0 Å². The van der Waals surface area contributed by atoms with Crippen molar-refractivity contribution in [3.8, 4) is 5.75 Å². The Hall–Kier alpha value is -2.34. The molecule has 0 saturated carbocycles. The maximum Gasteiger partial charge on any atom is 0.259 e. The lowest BCUT2D eigenvalue weighted by molar-refractivity contribution is -0.119. The van der Waals surface area contributed by atoms with E-state index in [-0.39, 0.29) is 18.2 Å². The second-order valence-corrected chi connectivity index (χ2v) is 5.63. The lowest BCUT2D eigenvalue weighted by atomic mass is 10.2. The molecule has 0 bridgehead atoms. The Labute approximate surface area is 137 Å². The highest BCUT2D eigenvalue weighted by atomic mass is 79.9. The maximum absolute atomic E-state index is 11.7. The third kappa shape index (κ3) is 4.89. The van der Waals surface area contributed by atoms with Crippen LogP contribution in [-0.2, 0) is 4.79 Å². The summed E-state index contributed by atoms with van der Waals surface area (Å²) in [6.07, 6.45) is 1.39. The summed E-state index contributed by atoms with van der Waals surface area (Å²) in [4.78, 5) is 11.7. The predicted octanol–water partition coefficient (Wildman–Crippen LogP) is 3.03. The minimum Gasteiger partial charge on any atom is -0.507 e. The van der Waals surface area contributed by atoms with Crippen molar-refractivity contribution in [3.63, 3.8) is 0 Å². The van der Waals surface area contributed by atoms with E-state index in [1.165, 1.54) is 6.21 Å². The topological polar surface area (TPSA) is 73.7 Å². The van der Waals surface area contributed by atoms with Crippen molar-refractivity contribution in [2.45, 2.75) is 6.92 Å². The Bertz CT molecular complexity index is 684. The maximum atomic E-state index is 11.7. The third-order valence-electron chi connectivity index (χ3n) is 2.89. The number of nitrogens with zero attached hydrogens (tertiary/aromatic N) is 1. The van der Waals surface area contributed by atoms with Crippen molar-refractivity contribution in [2.75, 3.05) is 11.9 Å². The number of aromatic hydroxyl groups is 1. The number of phenolic OH excluding ortho intramolecular Hbond substituents is 1. The molecule has 0 aliphatic rings. The number of aryl methyl sites for hydroxylation is 1. The molecule has 0 aliphatic heterocycles. The first-order valence-electron chi connectivity index (χ1n) is 6.65. The summed E-state index contributed by atoms with van der Waals surface area (Å²) >= 11 is 3.30. The number of hydrogen-bond acceptors (Lipinski definition) is 4. The van der Waals surface area contributed by atoms with Gasteiger partial charge in [0, 0.05) is 15.7 Å². The molecule has 6 heteroatoms. The van der Waals surface area contributed by atoms with Gasteiger partial charge in [0.1, 0.15) is 5.75 Å². The first kappa shape index (κ1) is 16.0. The van der Waals surface area contributed by atoms with Gasteiger partial charge >= 0.3 is 0 Å². The molecule has 0 saturated heterocycles. The van der Waals surface area contributed by atoms with Crippen LogP contribution in [0.2, 0.25) is 0 Å². The van der Waals surface area contributed by atoms with Gasteiger partial charge in [0.2, 0.25) is 0 Å². The van der Waals surface area contributed by atoms with Gasteiger partial charge in [-0.15, -0.1) is 0 Å². The standard InChI is InChI=1S/C16H16BrN3O2/c1-11-2-5-14(6-3-11)18-10-16(22)20-19-9-12-8-13(17)4-7-15(12)21/h2-9,18,21H,10H2,1H3,(H,20,22)/b19-9-. The highest BCUT2D eigenvalue weighted by Crippen LogP contribution is 2.19. The molecule has 0 spiro atoms. The highest BCUT2D eigenvalue weighted by molar-refractivity contribution is 9.10. The van der Waals surface area contributed by atoms with Gasteiger partial charge in [-0.05, 0) is 37.3 Å². The number of hydrazone groups is 1. The largest absolute Gasteiger partial charge is 0.507 e. The van der Waals surface area contributed by atoms with E-state index in [4.69, 9.17) is 0 Å². The van der Waals surface area contributed by atoms with E-state index in [0.29, 0.717) is 5.56 Å². The summed E-state index contributed by atoms with van der Waals surface area (Å²) in [5.41, 5.74) is 4.95. The summed E-state index contributed by atoms with van der Waals surface area (Å²) in [6, 6.07) is 12.7. The normalized spacial score (nSPS) is 10.6. The van der Waals surface area contributed by atoms with Crippen molar-refractivity contribution in [1.29, 1.82) is 0 Å². The van der Waals surface area contributed by atoms with Gasteiger partial charge in [0.15, 0.2) is 0 Å². The summed E-state index contributed by atoms with van der Waals surface area (Å²) < 4.78 is 0.819. The highest BCUT2D eigenvalue weighted by Gasteiger charge is 2.01. The Morgan fingerprint density at radius 2 is 2.00 bits per heavy atom. The fourth-order valence-corrected chi connectivity index (χ4v) is 2.07. The molecule has 0 heterocycles. The number of rotatable bonds is 5. The summed E-state index contributed by atoms with van der Waals surface area (Å²) in [5, 5.41) is 16.5. The van der Waals surface area contributed by atoms with Crippen LogP contribution in [0.3, 0.4) is 0 Å². The minimum atomic E-state index is -0.272. The number of phenols is 1. The molecule has 0 aliphatic carbocycles. The van der Waals surface area contributed by atoms with E-state index in [2.05, 4.69) is 31.8 Å². The molecule has 114 valence electrons. The molecule has 0 aromatic heterocycles. The Balaban J connectivity index is 1.83. The second kappa shape index (κ2) is 7.61. The van der Waals surface area contributed by atoms with E-state index in [9.17, 15) is 9.90 Å². The van der Waals surface area contributed by atoms with Crippen LogP contribution in [0.4, 0.5) is 5.69 Å². The first-order chi connectivity index (χ1) is 10.5. The number of halogens is 1. The number of anilines is 1. The molecule has 0 fully saturated rings. The van der Waals surface area contributed by atoms with Gasteiger partial charge in [-0.2, -0.15) is 5.10 Å². The zero-order valence-electron chi connectivity index (χ0n) is 12.0. The summed E-state index contributed by atoms with van der Waals surface area (Å²) in [7, 11) is 0. The number of carbonyl (C=O) groups is 1. The molecule has 0 unspecified atom stereocenters. The van der Waals surface area contributed by atoms with Crippen molar-refractivity contribution >= 4 is 33.7 Å². The molecular weight excluding hydrogens is 346 g/mol. The molecule has 2 aromatic carbocycles. The fourth-order valence-electron chi connectivity index (χ4n) is 1.70. The molecule has 0 atom stereocenters. The third-order valence-corrected chi connectivity index (χ3v) is 3.38. The van der Waals surface area contributed by atoms with Crippen LogP contribution >= 0.6 is 15.9 Å². The average molecular weight is 362 g/mol. The average Bonchev–Trinajstić information content (AvgIpc) is 2.50. The molecule has 1 amide bonds. The van der Waals surface area contributed by atoms with Gasteiger partial charge in [0.25, 0.3) is 5.91 Å². The van der Waals surface area contributed by atoms with Gasteiger partial charge < -0.3 is 10.4 Å². The number of nitrogens with one attached hydrogen (secondary N) is 2. The second-order valence-electron chi connectivity index (χ2n) is 4.72. The van der Waals surface area contributed by atoms with Crippen LogP contribution in [0.5, 0.6) is 5.75 Å². The van der Waals surface area contributed by atoms with Crippen molar-refractivity contribution < 1.29 is 9.90 Å². The Kier molecular flexibility index (Phi) is 5.55. The predicted molar refractivity (Wildman–Crippen MR) is 91.2 cm³/mol. The smallest absolute Gasteiger partial charge is 0.259 e. The fraction of sp³-hybridized carbons (Fsp3) is 0.125. The van der Waals surface area contributed by atoms with Gasteiger partial charge in [0.05, 0.1) is 12.8 Å². The monoisotopic (exact) mass is 361 g/mol. The van der Waals surface area contributed by atoms with Crippen LogP contribution < -0.4 is 10.7 Å². The number of carbonyl (C=O) groups excluding carboxylic acids is 1. The molecule has 0 radical (unpaired) electrons. The van der Waals surface area contributed by atoms with E-state index in [1.54, 1.807) is 18.2 Å². The summed E-state index contributed by atoms with van der Waals surface area (Å²) in [6.45, 7) is 2.12. The Morgan fingerprint density at radius 3 is 2.73 bits per heavy atom. The summed E-state index contributed by atoms with van der Waals surface area (Å²) in [5.74, 6) is -0.176. The molecule has 2 rings (SSSR count). The quantitative estimate of drug-likeness (QED) is 0.566. The lowest BCUT2D eigenvalue weighted by Gasteiger charge is -2.05. The van der Waals surface area contributed by atoms with Crippen molar-refractivity contribution in [1.82, 2.24) is 5.43 Å². The van der Waals surface area contributed by atoms with Gasteiger partial charge in [-0.1, -0.05) is 33.6 Å². The molecule has 3 N–H and O–H groups in total. The van der Waals surface area contributed by atoms with Crippen LogP contribution in [0.1, 0.15) is 11.1 Å². The van der Waals surface area contributed by atoms with Crippen molar-refractivity contribution in [2.24, 2.45) is 5.10 Å². The van der Waals surface area contributed by atoms with E-state index >= 15 is 0 Å². The zero-order chi connectivity index (χ0) is 15.9. The number of benzene rings is 2. The van der Waals surface area contributed by atoms with Crippen molar-refractivity contribution in [3.05, 3.63) is 58.1 Å². The van der Waals surface area contributed by atoms with E-state index in [0.717, 1.165) is 15.7 Å². The van der Waals surface area contributed by atoms with Gasteiger partial charge in [-0.25, -0.2) is 5.43 Å². The number of hydrogen-bond donors (Lipinski definition) is 3. The SMILES string of the molecule is Cc1ccc(NCC(=O)N/N=C\c2cc(Br)ccc2O)cc1. The number of amides is 1. The molecular formula is C16H16BrN3O2. The van der Waals surface area contributed by atoms with E-state index in [1.807, 2.05) is 31.2 Å². The van der Waals surface area contributed by atoms with Crippen LogP contribution in [0, 0.1) is 6.92 Å². The molecule has 22 heavy (non-hydrogen) atoms.